The normalized spacial score (nSPS) is 15.2. The molecule has 1 heterocycles. The summed E-state index contributed by atoms with van der Waals surface area (Å²) in [7, 11) is -1.92. The number of ether oxygens (including phenoxy) is 1. The molecule has 0 radical (unpaired) electrons. The van der Waals surface area contributed by atoms with Gasteiger partial charge in [0.15, 0.2) is 0 Å². The summed E-state index contributed by atoms with van der Waals surface area (Å²) in [5.74, 6) is 0.495. The van der Waals surface area contributed by atoms with Gasteiger partial charge in [0, 0.05) is 32.7 Å². The van der Waals surface area contributed by atoms with Crippen LogP contribution in [0.2, 0.25) is 0 Å². The minimum atomic E-state index is -3.50. The van der Waals surface area contributed by atoms with Gasteiger partial charge in [0.25, 0.3) is 0 Å². The Morgan fingerprint density at radius 1 is 1.19 bits per heavy atom. The number of rotatable bonds is 8. The van der Waals surface area contributed by atoms with Crippen molar-refractivity contribution in [2.45, 2.75) is 6.42 Å². The summed E-state index contributed by atoms with van der Waals surface area (Å²) in [6.45, 7) is 1.84. The van der Waals surface area contributed by atoms with Gasteiger partial charge >= 0.3 is 0 Å². The van der Waals surface area contributed by atoms with Crippen LogP contribution in [0.3, 0.4) is 0 Å². The van der Waals surface area contributed by atoms with Gasteiger partial charge in [0.2, 0.25) is 22.3 Å². The van der Waals surface area contributed by atoms with Crippen LogP contribution in [0.25, 0.3) is 0 Å². The van der Waals surface area contributed by atoms with Gasteiger partial charge in [0.05, 0.1) is 19.9 Å². The molecule has 144 valence electrons. The summed E-state index contributed by atoms with van der Waals surface area (Å²) < 4.78 is 30.4. The van der Waals surface area contributed by atoms with Crippen LogP contribution in [-0.4, -0.2) is 87.5 Å². The molecule has 1 aromatic rings. The lowest BCUT2D eigenvalue weighted by Crippen LogP contribution is -2.51. The van der Waals surface area contributed by atoms with Crippen LogP contribution >= 0.6 is 0 Å². The van der Waals surface area contributed by atoms with E-state index < -0.39 is 10.0 Å². The number of nitrogens with zero attached hydrogens (tertiary/aromatic N) is 3. The Hall–Kier alpha value is -2.13. The van der Waals surface area contributed by atoms with Gasteiger partial charge in [-0.1, -0.05) is 12.1 Å². The molecule has 0 atom stereocenters. The van der Waals surface area contributed by atoms with Gasteiger partial charge in [-0.05, 0) is 24.1 Å². The van der Waals surface area contributed by atoms with Crippen molar-refractivity contribution in [1.82, 2.24) is 14.1 Å². The monoisotopic (exact) mass is 383 g/mol. The molecule has 1 aliphatic heterocycles. The maximum atomic E-state index is 12.4. The van der Waals surface area contributed by atoms with Crippen LogP contribution in [0, 0.1) is 0 Å². The highest BCUT2D eigenvalue weighted by Gasteiger charge is 2.25. The number of carbonyl (C=O) groups is 2. The highest BCUT2D eigenvalue weighted by atomic mass is 32.2. The van der Waals surface area contributed by atoms with Crippen molar-refractivity contribution in [3.63, 3.8) is 0 Å². The molecule has 2 rings (SSSR count). The van der Waals surface area contributed by atoms with E-state index in [2.05, 4.69) is 0 Å². The number of benzene rings is 1. The average Bonchev–Trinajstić information content (AvgIpc) is 2.64. The predicted octanol–water partition coefficient (Wildman–Crippen LogP) is -0.200. The molecule has 0 saturated carbocycles. The van der Waals surface area contributed by atoms with Gasteiger partial charge in [-0.15, -0.1) is 0 Å². The van der Waals surface area contributed by atoms with Gasteiger partial charge in [-0.25, -0.2) is 8.42 Å². The van der Waals surface area contributed by atoms with Gasteiger partial charge in [0.1, 0.15) is 5.75 Å². The third-order valence-corrected chi connectivity index (χ3v) is 5.66. The van der Waals surface area contributed by atoms with Crippen molar-refractivity contribution >= 4 is 22.3 Å². The van der Waals surface area contributed by atoms with Crippen molar-refractivity contribution in [2.75, 3.05) is 52.6 Å². The van der Waals surface area contributed by atoms with Crippen molar-refractivity contribution < 1.29 is 22.7 Å². The standard InChI is InChI=1S/C17H25N3O5S/c1-25-16-5-3-15(4-6-16)7-8-20(26(2,23)24)13-17(22)19-11-9-18(14-21)10-12-19/h3-6,14H,7-13H2,1-2H3. The highest BCUT2D eigenvalue weighted by molar-refractivity contribution is 7.88. The van der Waals surface area contributed by atoms with Crippen LogP contribution in [0.15, 0.2) is 24.3 Å². The third-order valence-electron chi connectivity index (χ3n) is 4.41. The van der Waals surface area contributed by atoms with Gasteiger partial charge in [-0.2, -0.15) is 4.31 Å². The van der Waals surface area contributed by atoms with Crippen LogP contribution in [0.1, 0.15) is 5.56 Å². The Kier molecular flexibility index (Phi) is 6.98. The van der Waals surface area contributed by atoms with Crippen LogP contribution < -0.4 is 4.74 Å². The fraction of sp³-hybridized carbons (Fsp3) is 0.529. The molecule has 0 spiro atoms. The summed E-state index contributed by atoms with van der Waals surface area (Å²) in [5.41, 5.74) is 0.964. The maximum Gasteiger partial charge on any atom is 0.238 e. The molecule has 0 bridgehead atoms. The molecular formula is C17H25N3O5S. The fourth-order valence-electron chi connectivity index (χ4n) is 2.74. The van der Waals surface area contributed by atoms with E-state index in [1.807, 2.05) is 24.3 Å². The molecule has 0 N–H and O–H groups in total. The highest BCUT2D eigenvalue weighted by Crippen LogP contribution is 2.13. The number of hydrogen-bond acceptors (Lipinski definition) is 5. The van der Waals surface area contributed by atoms with Crippen molar-refractivity contribution in [2.24, 2.45) is 0 Å². The zero-order valence-electron chi connectivity index (χ0n) is 15.1. The maximum absolute atomic E-state index is 12.4. The Morgan fingerprint density at radius 3 is 2.31 bits per heavy atom. The van der Waals surface area contributed by atoms with E-state index in [0.29, 0.717) is 32.6 Å². The number of sulfonamides is 1. The fourth-order valence-corrected chi connectivity index (χ4v) is 3.50. The number of piperazine rings is 1. The van der Waals surface area contributed by atoms with Crippen molar-refractivity contribution in [1.29, 1.82) is 0 Å². The van der Waals surface area contributed by atoms with Crippen molar-refractivity contribution in [3.8, 4) is 5.75 Å². The lowest BCUT2D eigenvalue weighted by atomic mass is 10.1. The lowest BCUT2D eigenvalue weighted by molar-refractivity contribution is -0.135. The summed E-state index contributed by atoms with van der Waals surface area (Å²) in [5, 5.41) is 0. The number of methoxy groups -OCH3 is 1. The lowest BCUT2D eigenvalue weighted by Gasteiger charge is -2.33. The minimum Gasteiger partial charge on any atom is -0.497 e. The van der Waals surface area contributed by atoms with Crippen LogP contribution in [0.4, 0.5) is 0 Å². The molecular weight excluding hydrogens is 358 g/mol. The van der Waals surface area contributed by atoms with E-state index in [1.54, 1.807) is 16.9 Å². The molecule has 26 heavy (non-hydrogen) atoms. The van der Waals surface area contributed by atoms with Crippen LogP contribution in [-0.2, 0) is 26.0 Å². The Balaban J connectivity index is 1.94. The van der Waals surface area contributed by atoms with Gasteiger partial charge < -0.3 is 14.5 Å². The smallest absolute Gasteiger partial charge is 0.238 e. The quantitative estimate of drug-likeness (QED) is 0.580. The van der Waals surface area contributed by atoms with Crippen LogP contribution in [0.5, 0.6) is 5.75 Å². The Bertz CT molecular complexity index is 712. The zero-order chi connectivity index (χ0) is 19.2. The molecule has 1 aromatic carbocycles. The first-order valence-electron chi connectivity index (χ1n) is 8.38. The molecule has 1 fully saturated rings. The van der Waals surface area contributed by atoms with E-state index in [4.69, 9.17) is 4.74 Å². The number of hydrogen-bond donors (Lipinski definition) is 0. The molecule has 8 nitrogen and oxygen atoms in total. The molecule has 1 saturated heterocycles. The van der Waals surface area contributed by atoms with Gasteiger partial charge in [-0.3, -0.25) is 9.59 Å². The molecule has 0 aliphatic carbocycles. The number of carbonyl (C=O) groups excluding carboxylic acids is 2. The Morgan fingerprint density at radius 2 is 1.81 bits per heavy atom. The summed E-state index contributed by atoms with van der Waals surface area (Å²) in [6.07, 6.45) is 2.38. The second-order valence-electron chi connectivity index (χ2n) is 6.22. The molecule has 0 aromatic heterocycles. The largest absolute Gasteiger partial charge is 0.497 e. The predicted molar refractivity (Wildman–Crippen MR) is 97.3 cm³/mol. The minimum absolute atomic E-state index is 0.184. The molecule has 9 heteroatoms. The topological polar surface area (TPSA) is 87.2 Å². The number of amides is 2. The average molecular weight is 383 g/mol. The first kappa shape index (κ1) is 20.2. The summed E-state index contributed by atoms with van der Waals surface area (Å²) in [6, 6.07) is 7.38. The van der Waals surface area contributed by atoms with E-state index in [9.17, 15) is 18.0 Å². The van der Waals surface area contributed by atoms with E-state index in [1.165, 1.54) is 4.31 Å². The first-order valence-corrected chi connectivity index (χ1v) is 10.2. The second-order valence-corrected chi connectivity index (χ2v) is 8.20. The second kappa shape index (κ2) is 9.00. The SMILES string of the molecule is COc1ccc(CCN(CC(=O)N2CCN(C=O)CC2)S(C)(=O)=O)cc1. The van der Waals surface area contributed by atoms with E-state index >= 15 is 0 Å². The van der Waals surface area contributed by atoms with E-state index in [-0.39, 0.29) is 19.0 Å². The molecule has 0 unspecified atom stereocenters. The van der Waals surface area contributed by atoms with Crippen molar-refractivity contribution in [3.05, 3.63) is 29.8 Å². The third kappa shape index (κ3) is 5.70. The zero-order valence-corrected chi connectivity index (χ0v) is 15.9. The van der Waals surface area contributed by atoms with E-state index in [0.717, 1.165) is 24.0 Å². The summed E-state index contributed by atoms with van der Waals surface area (Å²) in [4.78, 5) is 26.4. The molecule has 2 amide bonds. The first-order chi connectivity index (χ1) is 12.3. The summed E-state index contributed by atoms with van der Waals surface area (Å²) >= 11 is 0. The Labute approximate surface area is 154 Å². The molecule has 1 aliphatic rings.